The van der Waals surface area contributed by atoms with Gasteiger partial charge in [0.1, 0.15) is 12.4 Å². The first-order valence-corrected chi connectivity index (χ1v) is 18.8. The summed E-state index contributed by atoms with van der Waals surface area (Å²) in [5.74, 6) is -0.0400. The van der Waals surface area contributed by atoms with Crippen LogP contribution in [-0.2, 0) is 35.9 Å². The van der Waals surface area contributed by atoms with Crippen LogP contribution in [0, 0.1) is 0 Å². The van der Waals surface area contributed by atoms with Gasteiger partial charge in [-0.15, -0.1) is 6.58 Å². The van der Waals surface area contributed by atoms with Crippen LogP contribution >= 0.6 is 0 Å². The third-order valence-electron chi connectivity index (χ3n) is 7.76. The van der Waals surface area contributed by atoms with E-state index in [1.54, 1.807) is 0 Å². The molecule has 0 spiro atoms. The molecule has 0 radical (unpaired) electrons. The standard InChI is InChI=1S/C37H43N3O4Si/c1-5-35(45(2,3)4)37(41)32(27-43-24-29-17-11-7-12-18-29)36-33(39-40-38)21-31(25-42-23-28-15-9-6-10-16-28)22-34(36)44-26-30-19-13-8-14-20-30/h5-22,32,35,37,41H,1,23-27H2,2-4H3/t32-,35-,37+/m0/s1. The lowest BCUT2D eigenvalue weighted by Crippen LogP contribution is -2.39. The van der Waals surface area contributed by atoms with Gasteiger partial charge in [0, 0.05) is 22.1 Å². The van der Waals surface area contributed by atoms with Gasteiger partial charge in [0.15, 0.2) is 0 Å². The van der Waals surface area contributed by atoms with Crippen LogP contribution in [0.5, 0.6) is 5.75 Å². The minimum absolute atomic E-state index is 0.155. The van der Waals surface area contributed by atoms with E-state index in [-0.39, 0.29) is 18.8 Å². The molecule has 4 aromatic carbocycles. The molecule has 1 N–H and O–H groups in total. The Hall–Kier alpha value is -4.17. The maximum atomic E-state index is 12.1. The first kappa shape index (κ1) is 33.7. The van der Waals surface area contributed by atoms with E-state index in [1.807, 2.05) is 109 Å². The minimum Gasteiger partial charge on any atom is -0.489 e. The molecule has 0 amide bonds. The summed E-state index contributed by atoms with van der Waals surface area (Å²) in [5.41, 5.74) is 14.4. The van der Waals surface area contributed by atoms with E-state index in [0.717, 1.165) is 22.3 Å². The first-order valence-electron chi connectivity index (χ1n) is 15.2. The maximum Gasteiger partial charge on any atom is 0.124 e. The number of aliphatic hydroxyl groups is 1. The van der Waals surface area contributed by atoms with Crippen molar-refractivity contribution in [1.82, 2.24) is 0 Å². The number of hydrogen-bond acceptors (Lipinski definition) is 5. The molecular formula is C37H43N3O4Si. The molecule has 4 rings (SSSR count). The van der Waals surface area contributed by atoms with Crippen molar-refractivity contribution in [3.05, 3.63) is 154 Å². The SMILES string of the molecule is C=C[C@@H]([C@H](O)[C@@H](COCc1ccccc1)c1c(N=[N+]=[N-])cc(COCc2ccccc2)cc1OCc1ccccc1)[Si](C)(C)C. The van der Waals surface area contributed by atoms with E-state index < -0.39 is 20.1 Å². The molecule has 3 atom stereocenters. The van der Waals surface area contributed by atoms with Crippen LogP contribution in [0.1, 0.15) is 33.7 Å². The van der Waals surface area contributed by atoms with Gasteiger partial charge >= 0.3 is 0 Å². The Morgan fingerprint density at radius 3 is 1.80 bits per heavy atom. The van der Waals surface area contributed by atoms with Crippen molar-refractivity contribution in [3.63, 3.8) is 0 Å². The van der Waals surface area contributed by atoms with Crippen molar-refractivity contribution in [2.75, 3.05) is 6.61 Å². The zero-order valence-corrected chi connectivity index (χ0v) is 27.4. The number of rotatable bonds is 17. The third kappa shape index (κ3) is 9.91. The van der Waals surface area contributed by atoms with E-state index >= 15 is 0 Å². The molecule has 0 aliphatic rings. The summed E-state index contributed by atoms with van der Waals surface area (Å²) in [7, 11) is -1.92. The maximum absolute atomic E-state index is 12.1. The van der Waals surface area contributed by atoms with Crippen molar-refractivity contribution in [1.29, 1.82) is 0 Å². The summed E-state index contributed by atoms with van der Waals surface area (Å²) in [4.78, 5) is 3.17. The Kier molecular flexibility index (Phi) is 12.6. The molecular weight excluding hydrogens is 579 g/mol. The smallest absolute Gasteiger partial charge is 0.124 e. The van der Waals surface area contributed by atoms with Crippen molar-refractivity contribution in [3.8, 4) is 5.75 Å². The van der Waals surface area contributed by atoms with Gasteiger partial charge in [0.25, 0.3) is 0 Å². The Morgan fingerprint density at radius 2 is 1.29 bits per heavy atom. The van der Waals surface area contributed by atoms with Crippen LogP contribution in [0.25, 0.3) is 10.4 Å². The first-order chi connectivity index (χ1) is 21.8. The van der Waals surface area contributed by atoms with Gasteiger partial charge < -0.3 is 19.3 Å². The Labute approximate surface area is 267 Å². The average molecular weight is 622 g/mol. The van der Waals surface area contributed by atoms with Gasteiger partial charge in [-0.3, -0.25) is 0 Å². The predicted molar refractivity (Wildman–Crippen MR) is 183 cm³/mol. The number of benzene rings is 4. The summed E-state index contributed by atoms with van der Waals surface area (Å²) >= 11 is 0. The van der Waals surface area contributed by atoms with Gasteiger partial charge in [-0.1, -0.05) is 122 Å². The molecule has 8 heteroatoms. The topological polar surface area (TPSA) is 96.7 Å². The zero-order chi connectivity index (χ0) is 32.1. The van der Waals surface area contributed by atoms with Crippen LogP contribution in [0.2, 0.25) is 25.2 Å². The molecule has 0 aromatic heterocycles. The molecule has 0 saturated carbocycles. The summed E-state index contributed by atoms with van der Waals surface area (Å²) in [6.07, 6.45) is 1.00. The number of azide groups is 1. The van der Waals surface area contributed by atoms with Crippen molar-refractivity contribution in [2.24, 2.45) is 5.11 Å². The van der Waals surface area contributed by atoms with Crippen LogP contribution in [0.15, 0.2) is 121 Å². The van der Waals surface area contributed by atoms with E-state index in [2.05, 4.69) is 36.2 Å². The highest BCUT2D eigenvalue weighted by Gasteiger charge is 2.38. The number of aliphatic hydroxyl groups excluding tert-OH is 1. The minimum atomic E-state index is -1.92. The second-order valence-corrected chi connectivity index (χ2v) is 17.6. The molecule has 0 aliphatic carbocycles. The second kappa shape index (κ2) is 16.8. The lowest BCUT2D eigenvalue weighted by Gasteiger charge is -2.36. The normalized spacial score (nSPS) is 13.3. The number of ether oxygens (including phenoxy) is 3. The lowest BCUT2D eigenvalue weighted by atomic mass is 9.88. The zero-order valence-electron chi connectivity index (χ0n) is 26.4. The van der Waals surface area contributed by atoms with Gasteiger partial charge in [-0.2, -0.15) is 0 Å². The molecule has 0 unspecified atom stereocenters. The predicted octanol–water partition coefficient (Wildman–Crippen LogP) is 9.48. The van der Waals surface area contributed by atoms with Crippen LogP contribution in [0.4, 0.5) is 5.69 Å². The number of hydrogen-bond donors (Lipinski definition) is 1. The van der Waals surface area contributed by atoms with Gasteiger partial charge in [-0.05, 0) is 45.5 Å². The Bertz CT molecular complexity index is 1540. The van der Waals surface area contributed by atoms with Crippen molar-refractivity contribution in [2.45, 2.75) is 63.6 Å². The van der Waals surface area contributed by atoms with Gasteiger partial charge in [-0.25, -0.2) is 0 Å². The highest BCUT2D eigenvalue weighted by atomic mass is 28.3. The Morgan fingerprint density at radius 1 is 0.778 bits per heavy atom. The number of nitrogens with zero attached hydrogens (tertiary/aromatic N) is 3. The highest BCUT2D eigenvalue weighted by molar-refractivity contribution is 6.78. The van der Waals surface area contributed by atoms with Crippen molar-refractivity contribution >= 4 is 13.8 Å². The van der Waals surface area contributed by atoms with Crippen molar-refractivity contribution < 1.29 is 19.3 Å². The molecule has 0 saturated heterocycles. The second-order valence-electron chi connectivity index (χ2n) is 12.2. The quantitative estimate of drug-likeness (QED) is 0.0417. The average Bonchev–Trinajstić information content (AvgIpc) is 3.04. The fraction of sp³-hybridized carbons (Fsp3) is 0.297. The van der Waals surface area contributed by atoms with E-state index in [4.69, 9.17) is 14.2 Å². The molecule has 4 aromatic rings. The van der Waals surface area contributed by atoms with Crippen LogP contribution in [-0.4, -0.2) is 25.9 Å². The van der Waals surface area contributed by atoms with Crippen LogP contribution < -0.4 is 4.74 Å². The fourth-order valence-electron chi connectivity index (χ4n) is 5.46. The third-order valence-corrected chi connectivity index (χ3v) is 10.3. The molecule has 7 nitrogen and oxygen atoms in total. The van der Waals surface area contributed by atoms with Crippen LogP contribution in [0.3, 0.4) is 0 Å². The summed E-state index contributed by atoms with van der Waals surface area (Å²) in [6.45, 7) is 12.3. The molecule has 234 valence electrons. The molecule has 0 aliphatic heterocycles. The molecule has 0 fully saturated rings. The molecule has 45 heavy (non-hydrogen) atoms. The van der Waals surface area contributed by atoms with E-state index in [1.165, 1.54) is 0 Å². The highest BCUT2D eigenvalue weighted by Crippen LogP contribution is 2.44. The summed E-state index contributed by atoms with van der Waals surface area (Å²) in [5, 5.41) is 16.2. The largest absolute Gasteiger partial charge is 0.489 e. The fourth-order valence-corrected chi connectivity index (χ4v) is 7.42. The molecule has 0 heterocycles. The van der Waals surface area contributed by atoms with Gasteiger partial charge in [0.05, 0.1) is 40.6 Å². The van der Waals surface area contributed by atoms with E-state index in [0.29, 0.717) is 36.8 Å². The summed E-state index contributed by atoms with van der Waals surface area (Å²) < 4.78 is 18.8. The lowest BCUT2D eigenvalue weighted by molar-refractivity contribution is 0.0521. The van der Waals surface area contributed by atoms with Gasteiger partial charge in [0.2, 0.25) is 0 Å². The monoisotopic (exact) mass is 621 g/mol. The molecule has 0 bridgehead atoms. The summed E-state index contributed by atoms with van der Waals surface area (Å²) in [6, 6.07) is 33.5. The van der Waals surface area contributed by atoms with E-state index in [9.17, 15) is 10.6 Å². The Balaban J connectivity index is 1.75.